The number of rotatable bonds is 11. The molecule has 2 aliphatic rings. The Morgan fingerprint density at radius 2 is 1.70 bits per heavy atom. The number of benzene rings is 3. The van der Waals surface area contributed by atoms with Crippen LogP contribution in [-0.2, 0) is 9.53 Å². The molecule has 0 aromatic heterocycles. The smallest absolute Gasteiger partial charge is 0.319 e. The second-order valence-electron chi connectivity index (χ2n) is 12.0. The Kier molecular flexibility index (Phi) is 10.4. The highest BCUT2D eigenvalue weighted by molar-refractivity contribution is 6.30. The van der Waals surface area contributed by atoms with Crippen molar-refractivity contribution in [3.8, 4) is 11.5 Å². The molecule has 0 unspecified atom stereocenters. The monoisotopic (exact) mass is 617 g/mol. The zero-order valence-corrected chi connectivity index (χ0v) is 27.1. The van der Waals surface area contributed by atoms with Crippen molar-refractivity contribution < 1.29 is 19.0 Å². The number of ether oxygens (including phenoxy) is 3. The van der Waals surface area contributed by atoms with Gasteiger partial charge in [0.25, 0.3) is 0 Å². The largest absolute Gasteiger partial charge is 0.493 e. The van der Waals surface area contributed by atoms with Gasteiger partial charge >= 0.3 is 5.97 Å². The zero-order chi connectivity index (χ0) is 31.2. The summed E-state index contributed by atoms with van der Waals surface area (Å²) in [6.45, 7) is 5.34. The Hall–Kier alpha value is -3.68. The highest BCUT2D eigenvalue weighted by Gasteiger charge is 2.29. The lowest BCUT2D eigenvalue weighted by molar-refractivity contribution is -0.139. The van der Waals surface area contributed by atoms with E-state index in [4.69, 9.17) is 25.8 Å². The lowest BCUT2D eigenvalue weighted by atomic mass is 9.85. The second-order valence-corrected chi connectivity index (χ2v) is 12.5. The van der Waals surface area contributed by atoms with E-state index in [1.165, 1.54) is 12.8 Å². The molecule has 1 heterocycles. The van der Waals surface area contributed by atoms with Crippen LogP contribution in [0.5, 0.6) is 11.5 Å². The second kappa shape index (κ2) is 14.4. The number of hydrogen-bond donors (Lipinski definition) is 1. The molecule has 8 heteroatoms. The van der Waals surface area contributed by atoms with E-state index in [0.717, 1.165) is 66.1 Å². The van der Waals surface area contributed by atoms with Gasteiger partial charge in [0.2, 0.25) is 0 Å². The quantitative estimate of drug-likeness (QED) is 0.224. The maximum absolute atomic E-state index is 11.5. The minimum atomic E-state index is -0.204. The van der Waals surface area contributed by atoms with Gasteiger partial charge in [-0.25, -0.2) is 0 Å². The molecule has 1 N–H and O–H groups in total. The number of carbonyl (C=O) groups is 1. The standard InChI is InChI=1S/C36H44ClN3O4/c1-24(2)44-34-21-32-27(20-33(34)42-4)18-19-40(36(32)26-8-10-28(37)11-9-26)31-16-14-30(15-17-31)39(3)23-25-6-12-29(13-7-25)38-22-35(41)43-5/h8-11,14-21,24-25,29,36,38H,6-7,12-13,22-23H2,1-5H3/t25?,29?,36-/m0/s1. The molecule has 0 radical (unpaired) electrons. The molecule has 5 rings (SSSR count). The van der Waals surface area contributed by atoms with Gasteiger partial charge in [-0.1, -0.05) is 23.7 Å². The van der Waals surface area contributed by atoms with Crippen molar-refractivity contribution in [3.05, 3.63) is 88.6 Å². The predicted octanol–water partition coefficient (Wildman–Crippen LogP) is 7.47. The van der Waals surface area contributed by atoms with Crippen LogP contribution >= 0.6 is 11.6 Å². The van der Waals surface area contributed by atoms with Crippen molar-refractivity contribution in [1.82, 2.24) is 5.32 Å². The summed E-state index contributed by atoms with van der Waals surface area (Å²) >= 11 is 6.29. The molecule has 0 amide bonds. The highest BCUT2D eigenvalue weighted by atomic mass is 35.5. The summed E-state index contributed by atoms with van der Waals surface area (Å²) in [5, 5.41) is 4.05. The fraction of sp³-hybridized carbons (Fsp3) is 0.417. The maximum Gasteiger partial charge on any atom is 0.319 e. The molecular weight excluding hydrogens is 574 g/mol. The van der Waals surface area contributed by atoms with Gasteiger partial charge in [0.15, 0.2) is 11.5 Å². The van der Waals surface area contributed by atoms with Gasteiger partial charge in [0, 0.05) is 42.2 Å². The maximum atomic E-state index is 11.5. The number of carbonyl (C=O) groups excluding carboxylic acids is 1. The molecule has 44 heavy (non-hydrogen) atoms. The van der Waals surface area contributed by atoms with Crippen LogP contribution in [0.1, 0.15) is 62.3 Å². The first-order valence-electron chi connectivity index (χ1n) is 15.5. The van der Waals surface area contributed by atoms with Crippen molar-refractivity contribution in [3.63, 3.8) is 0 Å². The van der Waals surface area contributed by atoms with Crippen molar-refractivity contribution in [1.29, 1.82) is 0 Å². The van der Waals surface area contributed by atoms with Gasteiger partial charge in [0.05, 0.1) is 32.9 Å². The first kappa shape index (κ1) is 31.7. The van der Waals surface area contributed by atoms with E-state index in [2.05, 4.69) is 83.0 Å². The van der Waals surface area contributed by atoms with Crippen molar-refractivity contribution in [2.75, 3.05) is 44.2 Å². The van der Waals surface area contributed by atoms with Gasteiger partial charge in [-0.3, -0.25) is 4.79 Å². The first-order chi connectivity index (χ1) is 21.2. The summed E-state index contributed by atoms with van der Waals surface area (Å²) in [7, 11) is 5.28. The Morgan fingerprint density at radius 3 is 2.34 bits per heavy atom. The molecule has 0 bridgehead atoms. The molecule has 1 fully saturated rings. The van der Waals surface area contributed by atoms with Gasteiger partial charge in [-0.15, -0.1) is 0 Å². The molecule has 1 aliphatic heterocycles. The van der Waals surface area contributed by atoms with Crippen LogP contribution in [0.15, 0.2) is 66.9 Å². The van der Waals surface area contributed by atoms with Crippen LogP contribution in [-0.4, -0.2) is 52.5 Å². The van der Waals surface area contributed by atoms with Gasteiger partial charge in [-0.05, 0) is 117 Å². The predicted molar refractivity (Wildman–Crippen MR) is 179 cm³/mol. The summed E-state index contributed by atoms with van der Waals surface area (Å²) in [6.07, 6.45) is 8.77. The number of esters is 1. The normalized spacial score (nSPS) is 19.4. The lowest BCUT2D eigenvalue weighted by Gasteiger charge is -2.36. The number of fused-ring (bicyclic) bond motifs is 1. The summed E-state index contributed by atoms with van der Waals surface area (Å²) in [5.41, 5.74) is 5.67. The van der Waals surface area contributed by atoms with E-state index in [0.29, 0.717) is 17.0 Å². The molecule has 3 aromatic carbocycles. The third kappa shape index (κ3) is 7.51. The fourth-order valence-corrected chi connectivity index (χ4v) is 6.44. The number of halogens is 1. The molecular formula is C36H44ClN3O4. The van der Waals surface area contributed by atoms with E-state index >= 15 is 0 Å². The summed E-state index contributed by atoms with van der Waals surface area (Å²) < 4.78 is 16.6. The summed E-state index contributed by atoms with van der Waals surface area (Å²) in [4.78, 5) is 16.1. The SMILES string of the molecule is COC(=O)CNC1CCC(CN(C)c2ccc(N3C=Cc4cc(OC)c(OC(C)C)cc4[C@@H]3c3ccc(Cl)cc3)cc2)CC1. The van der Waals surface area contributed by atoms with Crippen LogP contribution in [0.4, 0.5) is 11.4 Å². The third-order valence-corrected chi connectivity index (χ3v) is 8.89. The number of nitrogens with one attached hydrogen (secondary N) is 1. The molecule has 1 atom stereocenters. The summed E-state index contributed by atoms with van der Waals surface area (Å²) in [5.74, 6) is 1.89. The highest BCUT2D eigenvalue weighted by Crippen LogP contribution is 2.44. The molecule has 0 saturated heterocycles. The molecule has 234 valence electrons. The zero-order valence-electron chi connectivity index (χ0n) is 26.4. The van der Waals surface area contributed by atoms with Gasteiger partial charge in [-0.2, -0.15) is 0 Å². The van der Waals surface area contributed by atoms with E-state index in [1.54, 1.807) is 7.11 Å². The average molecular weight is 618 g/mol. The molecule has 0 spiro atoms. The number of anilines is 2. The Bertz CT molecular complexity index is 1430. The van der Waals surface area contributed by atoms with Crippen LogP contribution in [0.25, 0.3) is 6.08 Å². The van der Waals surface area contributed by atoms with Gasteiger partial charge in [0.1, 0.15) is 0 Å². The third-order valence-electron chi connectivity index (χ3n) is 8.64. The van der Waals surface area contributed by atoms with E-state index in [1.807, 2.05) is 26.0 Å². The Balaban J connectivity index is 1.33. The van der Waals surface area contributed by atoms with E-state index < -0.39 is 0 Å². The number of methoxy groups -OCH3 is 2. The van der Waals surface area contributed by atoms with E-state index in [9.17, 15) is 4.79 Å². The minimum Gasteiger partial charge on any atom is -0.493 e. The average Bonchev–Trinajstić information content (AvgIpc) is 3.03. The topological polar surface area (TPSA) is 63.3 Å². The lowest BCUT2D eigenvalue weighted by Crippen LogP contribution is -2.38. The summed E-state index contributed by atoms with van der Waals surface area (Å²) in [6, 6.07) is 21.4. The minimum absolute atomic E-state index is 0.0222. The van der Waals surface area contributed by atoms with Gasteiger partial charge < -0.3 is 29.3 Å². The molecule has 1 aliphatic carbocycles. The van der Waals surface area contributed by atoms with Crippen LogP contribution < -0.4 is 24.6 Å². The van der Waals surface area contributed by atoms with Crippen LogP contribution in [0.2, 0.25) is 5.02 Å². The molecule has 7 nitrogen and oxygen atoms in total. The van der Waals surface area contributed by atoms with Crippen LogP contribution in [0, 0.1) is 5.92 Å². The van der Waals surface area contributed by atoms with Crippen molar-refractivity contribution >= 4 is 35.0 Å². The number of hydrogen-bond acceptors (Lipinski definition) is 7. The Labute approximate surface area is 266 Å². The molecule has 1 saturated carbocycles. The van der Waals surface area contributed by atoms with Crippen LogP contribution in [0.3, 0.4) is 0 Å². The molecule has 3 aromatic rings. The van der Waals surface area contributed by atoms with Crippen molar-refractivity contribution in [2.45, 2.75) is 57.7 Å². The van der Waals surface area contributed by atoms with E-state index in [-0.39, 0.29) is 24.7 Å². The number of nitrogens with zero attached hydrogens (tertiary/aromatic N) is 2. The van der Waals surface area contributed by atoms with Crippen molar-refractivity contribution in [2.24, 2.45) is 5.92 Å². The fourth-order valence-electron chi connectivity index (χ4n) is 6.32. The first-order valence-corrected chi connectivity index (χ1v) is 15.9. The Morgan fingerprint density at radius 1 is 1.00 bits per heavy atom.